The van der Waals surface area contributed by atoms with Gasteiger partial charge in [-0.05, 0) is 48.8 Å². The molecular weight excluding hydrogens is 192 g/mol. The molecule has 88 valence electrons. The Bertz CT molecular complexity index is 332. The first kappa shape index (κ1) is 11.7. The van der Waals surface area contributed by atoms with Crippen LogP contribution in [0, 0.1) is 6.92 Å². The molecule has 0 heteroatoms. The lowest BCUT2D eigenvalue weighted by Crippen LogP contribution is -2.05. The highest BCUT2D eigenvalue weighted by molar-refractivity contribution is 5.33. The van der Waals surface area contributed by atoms with Crippen LogP contribution in [0.3, 0.4) is 0 Å². The molecule has 0 atom stereocenters. The molecule has 1 aromatic rings. The normalized spacial score (nSPS) is 17.6. The van der Waals surface area contributed by atoms with Gasteiger partial charge in [0.2, 0.25) is 0 Å². The van der Waals surface area contributed by atoms with Crippen molar-refractivity contribution in [1.82, 2.24) is 0 Å². The van der Waals surface area contributed by atoms with Crippen LogP contribution in [-0.2, 0) is 6.42 Å². The molecular formula is C16H24. The molecule has 0 radical (unpaired) electrons. The molecule has 0 nitrogen and oxygen atoms in total. The summed E-state index contributed by atoms with van der Waals surface area (Å²) < 4.78 is 0. The first-order chi connectivity index (χ1) is 7.81. The summed E-state index contributed by atoms with van der Waals surface area (Å²) in [5, 5.41) is 0. The van der Waals surface area contributed by atoms with Crippen LogP contribution >= 0.6 is 0 Å². The van der Waals surface area contributed by atoms with Crippen molar-refractivity contribution in [1.29, 1.82) is 0 Å². The largest absolute Gasteiger partial charge is 0.0651 e. The van der Waals surface area contributed by atoms with E-state index in [1.54, 1.807) is 11.1 Å². The van der Waals surface area contributed by atoms with Gasteiger partial charge in [0, 0.05) is 0 Å². The maximum absolute atomic E-state index is 2.48. The minimum absolute atomic E-state index is 0.852. The third-order valence-electron chi connectivity index (χ3n) is 3.97. The summed E-state index contributed by atoms with van der Waals surface area (Å²) >= 11 is 0. The van der Waals surface area contributed by atoms with Crippen molar-refractivity contribution in [3.8, 4) is 0 Å². The summed E-state index contributed by atoms with van der Waals surface area (Å²) in [4.78, 5) is 0. The van der Waals surface area contributed by atoms with Crippen molar-refractivity contribution >= 4 is 0 Å². The van der Waals surface area contributed by atoms with E-state index >= 15 is 0 Å². The van der Waals surface area contributed by atoms with E-state index in [0.29, 0.717) is 0 Å². The molecule has 0 aliphatic heterocycles. The van der Waals surface area contributed by atoms with Gasteiger partial charge >= 0.3 is 0 Å². The van der Waals surface area contributed by atoms with Crippen LogP contribution in [0.5, 0.6) is 0 Å². The predicted octanol–water partition coefficient (Wildman–Crippen LogP) is 5.00. The monoisotopic (exact) mass is 216 g/mol. The van der Waals surface area contributed by atoms with Crippen molar-refractivity contribution in [2.24, 2.45) is 0 Å². The van der Waals surface area contributed by atoms with Gasteiger partial charge in [0.15, 0.2) is 0 Å². The fourth-order valence-electron chi connectivity index (χ4n) is 2.92. The highest BCUT2D eigenvalue weighted by atomic mass is 14.2. The van der Waals surface area contributed by atoms with E-state index < -0.39 is 0 Å². The van der Waals surface area contributed by atoms with Crippen LogP contribution in [-0.4, -0.2) is 0 Å². The zero-order chi connectivity index (χ0) is 11.4. The van der Waals surface area contributed by atoms with Gasteiger partial charge in [-0.3, -0.25) is 0 Å². The number of hydrogen-bond acceptors (Lipinski definition) is 0. The Balaban J connectivity index is 2.17. The van der Waals surface area contributed by atoms with Crippen LogP contribution in [0.25, 0.3) is 0 Å². The van der Waals surface area contributed by atoms with E-state index in [9.17, 15) is 0 Å². The Morgan fingerprint density at radius 3 is 2.56 bits per heavy atom. The summed E-state index contributed by atoms with van der Waals surface area (Å²) in [7, 11) is 0. The van der Waals surface area contributed by atoms with Crippen LogP contribution in [0.15, 0.2) is 18.2 Å². The Hall–Kier alpha value is -0.780. The van der Waals surface area contributed by atoms with Gasteiger partial charge in [0.1, 0.15) is 0 Å². The van der Waals surface area contributed by atoms with Gasteiger partial charge in [-0.2, -0.15) is 0 Å². The lowest BCUT2D eigenvalue weighted by Gasteiger charge is -2.23. The second kappa shape index (κ2) is 5.52. The fraction of sp³-hybridized carbons (Fsp3) is 0.625. The minimum atomic E-state index is 0.852. The van der Waals surface area contributed by atoms with Gasteiger partial charge in [-0.1, -0.05) is 50.8 Å². The van der Waals surface area contributed by atoms with Crippen LogP contribution in [0.4, 0.5) is 0 Å². The molecule has 1 saturated carbocycles. The van der Waals surface area contributed by atoms with Crippen molar-refractivity contribution in [2.75, 3.05) is 0 Å². The number of benzene rings is 1. The zero-order valence-electron chi connectivity index (χ0n) is 10.8. The predicted molar refractivity (Wildman–Crippen MR) is 71.0 cm³/mol. The van der Waals surface area contributed by atoms with E-state index in [1.165, 1.54) is 50.5 Å². The van der Waals surface area contributed by atoms with E-state index in [1.807, 2.05) is 0 Å². The molecule has 0 N–H and O–H groups in total. The summed E-state index contributed by atoms with van der Waals surface area (Å²) in [6, 6.07) is 7.17. The van der Waals surface area contributed by atoms with Crippen molar-refractivity contribution in [2.45, 2.75) is 64.7 Å². The second-order valence-electron chi connectivity index (χ2n) is 5.27. The SMILES string of the molecule is CCCc1cc(C2CCCCC2)ccc1C. The topological polar surface area (TPSA) is 0 Å². The number of rotatable bonds is 3. The standard InChI is InChI=1S/C16H24/c1-3-7-15-12-16(11-10-13(15)2)14-8-5-4-6-9-14/h10-12,14H,3-9H2,1-2H3. The van der Waals surface area contributed by atoms with Gasteiger partial charge in [0.05, 0.1) is 0 Å². The quantitative estimate of drug-likeness (QED) is 0.667. The minimum Gasteiger partial charge on any atom is -0.0651 e. The van der Waals surface area contributed by atoms with Crippen LogP contribution in [0.1, 0.15) is 68.1 Å². The Labute approximate surface area is 100 Å². The molecule has 0 heterocycles. The molecule has 1 aliphatic rings. The average molecular weight is 216 g/mol. The van der Waals surface area contributed by atoms with Crippen molar-refractivity contribution in [3.63, 3.8) is 0 Å². The second-order valence-corrected chi connectivity index (χ2v) is 5.27. The summed E-state index contributed by atoms with van der Waals surface area (Å²) in [5.74, 6) is 0.852. The molecule has 0 aromatic heterocycles. The third kappa shape index (κ3) is 2.66. The van der Waals surface area contributed by atoms with Crippen LogP contribution < -0.4 is 0 Å². The highest BCUT2D eigenvalue weighted by Gasteiger charge is 2.15. The number of aryl methyl sites for hydroxylation is 2. The van der Waals surface area contributed by atoms with Gasteiger partial charge in [0.25, 0.3) is 0 Å². The summed E-state index contributed by atoms with van der Waals surface area (Å²) in [6.07, 6.45) is 9.64. The molecule has 16 heavy (non-hydrogen) atoms. The molecule has 1 aromatic carbocycles. The third-order valence-corrected chi connectivity index (χ3v) is 3.97. The lowest BCUT2D eigenvalue weighted by atomic mass is 9.83. The first-order valence-electron chi connectivity index (χ1n) is 6.90. The average Bonchev–Trinajstić information content (AvgIpc) is 2.33. The Morgan fingerprint density at radius 1 is 1.12 bits per heavy atom. The van der Waals surface area contributed by atoms with Crippen LogP contribution in [0.2, 0.25) is 0 Å². The van der Waals surface area contributed by atoms with Crippen molar-refractivity contribution < 1.29 is 0 Å². The first-order valence-corrected chi connectivity index (χ1v) is 6.90. The van der Waals surface area contributed by atoms with E-state index in [4.69, 9.17) is 0 Å². The maximum Gasteiger partial charge on any atom is -0.0162 e. The molecule has 0 amide bonds. The van der Waals surface area contributed by atoms with E-state index in [0.717, 1.165) is 5.92 Å². The van der Waals surface area contributed by atoms with Gasteiger partial charge in [-0.15, -0.1) is 0 Å². The molecule has 0 saturated heterocycles. The van der Waals surface area contributed by atoms with Crippen molar-refractivity contribution in [3.05, 3.63) is 34.9 Å². The van der Waals surface area contributed by atoms with E-state index in [-0.39, 0.29) is 0 Å². The molecule has 2 rings (SSSR count). The van der Waals surface area contributed by atoms with Gasteiger partial charge in [-0.25, -0.2) is 0 Å². The molecule has 0 spiro atoms. The maximum atomic E-state index is 2.48. The fourth-order valence-corrected chi connectivity index (χ4v) is 2.92. The smallest absolute Gasteiger partial charge is 0.0162 e. The summed E-state index contributed by atoms with van der Waals surface area (Å²) in [6.45, 7) is 4.52. The number of hydrogen-bond donors (Lipinski definition) is 0. The molecule has 0 bridgehead atoms. The Kier molecular flexibility index (Phi) is 4.04. The summed E-state index contributed by atoms with van der Waals surface area (Å²) in [5.41, 5.74) is 4.65. The lowest BCUT2D eigenvalue weighted by molar-refractivity contribution is 0.443. The zero-order valence-corrected chi connectivity index (χ0v) is 10.8. The van der Waals surface area contributed by atoms with E-state index in [2.05, 4.69) is 32.0 Å². The molecule has 1 aliphatic carbocycles. The van der Waals surface area contributed by atoms with Gasteiger partial charge < -0.3 is 0 Å². The molecule has 1 fully saturated rings. The Morgan fingerprint density at radius 2 is 1.88 bits per heavy atom. The molecule has 0 unspecified atom stereocenters. The highest BCUT2D eigenvalue weighted by Crippen LogP contribution is 2.33.